The van der Waals surface area contributed by atoms with E-state index in [2.05, 4.69) is 10.3 Å². The van der Waals surface area contributed by atoms with Gasteiger partial charge >= 0.3 is 0 Å². The fourth-order valence-corrected chi connectivity index (χ4v) is 2.39. The minimum absolute atomic E-state index is 0.0334. The van der Waals surface area contributed by atoms with Gasteiger partial charge in [0.1, 0.15) is 6.04 Å². The summed E-state index contributed by atoms with van der Waals surface area (Å²) in [5, 5.41) is 2.87. The minimum Gasteiger partial charge on any atom is -0.369 e. The first kappa shape index (κ1) is 10.1. The van der Waals surface area contributed by atoms with Gasteiger partial charge in [0.2, 0.25) is 11.9 Å². The Balaban J connectivity index is 2.15. The van der Waals surface area contributed by atoms with Gasteiger partial charge in [-0.1, -0.05) is 12.1 Å². The van der Waals surface area contributed by atoms with Crippen LogP contribution in [-0.4, -0.2) is 22.0 Å². The maximum absolute atomic E-state index is 11.9. The Labute approximate surface area is 98.6 Å². The second kappa shape index (κ2) is 3.76. The number of carbonyl (C=O) groups excluding carboxylic acids is 1. The number of para-hydroxylation sites is 2. The largest absolute Gasteiger partial charge is 0.369 e. The lowest BCUT2D eigenvalue weighted by molar-refractivity contribution is -0.125. The standard InChI is InChI=1S/C12H14N4O/c13-12-15-8-4-1-2-5-9(8)16(12)10-6-3-7-14-11(10)17/h1-2,4-5,10H,3,6-7H2,(H2,13,15)(H,14,17). The van der Waals surface area contributed by atoms with Crippen molar-refractivity contribution in [3.8, 4) is 0 Å². The van der Waals surface area contributed by atoms with E-state index in [1.165, 1.54) is 0 Å². The molecule has 88 valence electrons. The maximum Gasteiger partial charge on any atom is 0.243 e. The number of fused-ring (bicyclic) bond motifs is 1. The summed E-state index contributed by atoms with van der Waals surface area (Å²) in [6.45, 7) is 0.752. The molecule has 3 rings (SSSR count). The molecule has 3 N–H and O–H groups in total. The Morgan fingerprint density at radius 3 is 3.06 bits per heavy atom. The summed E-state index contributed by atoms with van der Waals surface area (Å²) in [6.07, 6.45) is 1.79. The second-order valence-corrected chi connectivity index (χ2v) is 4.28. The number of aromatic nitrogens is 2. The van der Waals surface area contributed by atoms with Crippen LogP contribution in [0.25, 0.3) is 11.0 Å². The molecule has 1 unspecified atom stereocenters. The zero-order chi connectivity index (χ0) is 11.8. The van der Waals surface area contributed by atoms with Crippen LogP contribution in [0.15, 0.2) is 24.3 Å². The molecule has 0 bridgehead atoms. The maximum atomic E-state index is 11.9. The molecule has 0 spiro atoms. The predicted molar refractivity (Wildman–Crippen MR) is 65.4 cm³/mol. The van der Waals surface area contributed by atoms with E-state index in [1.807, 2.05) is 28.8 Å². The Bertz CT molecular complexity index is 575. The van der Waals surface area contributed by atoms with Crippen molar-refractivity contribution >= 4 is 22.9 Å². The number of amides is 1. The summed E-state index contributed by atoms with van der Waals surface area (Å²) in [5.41, 5.74) is 7.68. The molecule has 0 saturated carbocycles. The zero-order valence-electron chi connectivity index (χ0n) is 9.39. The van der Waals surface area contributed by atoms with Gasteiger partial charge in [-0.3, -0.25) is 9.36 Å². The Hall–Kier alpha value is -2.04. The van der Waals surface area contributed by atoms with Gasteiger partial charge in [0, 0.05) is 6.54 Å². The highest BCUT2D eigenvalue weighted by Crippen LogP contribution is 2.27. The first-order valence-electron chi connectivity index (χ1n) is 5.77. The molecule has 0 aliphatic carbocycles. The fraction of sp³-hybridized carbons (Fsp3) is 0.333. The molecular weight excluding hydrogens is 216 g/mol. The van der Waals surface area contributed by atoms with E-state index in [0.717, 1.165) is 30.4 Å². The van der Waals surface area contributed by atoms with Gasteiger partial charge in [-0.25, -0.2) is 4.98 Å². The van der Waals surface area contributed by atoms with Crippen LogP contribution in [0.1, 0.15) is 18.9 Å². The summed E-state index contributed by atoms with van der Waals surface area (Å²) >= 11 is 0. The molecule has 5 heteroatoms. The van der Waals surface area contributed by atoms with Crippen molar-refractivity contribution in [3.63, 3.8) is 0 Å². The number of piperidine rings is 1. The van der Waals surface area contributed by atoms with Crippen LogP contribution in [0.5, 0.6) is 0 Å². The molecule has 1 amide bonds. The normalized spacial score (nSPS) is 20.5. The van der Waals surface area contributed by atoms with Crippen LogP contribution in [0.4, 0.5) is 5.95 Å². The number of hydrogen-bond donors (Lipinski definition) is 2. The number of hydrogen-bond acceptors (Lipinski definition) is 3. The van der Waals surface area contributed by atoms with Crippen LogP contribution in [0.2, 0.25) is 0 Å². The molecule has 1 aliphatic rings. The third-order valence-corrected chi connectivity index (χ3v) is 3.19. The van der Waals surface area contributed by atoms with Gasteiger partial charge in [0.25, 0.3) is 0 Å². The van der Waals surface area contributed by atoms with Gasteiger partial charge < -0.3 is 11.1 Å². The summed E-state index contributed by atoms with van der Waals surface area (Å²) in [7, 11) is 0. The number of rotatable bonds is 1. The Morgan fingerprint density at radius 1 is 1.41 bits per heavy atom. The highest BCUT2D eigenvalue weighted by molar-refractivity contribution is 5.86. The highest BCUT2D eigenvalue weighted by Gasteiger charge is 2.26. The second-order valence-electron chi connectivity index (χ2n) is 4.28. The van der Waals surface area contributed by atoms with Crippen molar-refractivity contribution in [2.45, 2.75) is 18.9 Å². The lowest BCUT2D eigenvalue weighted by Gasteiger charge is -2.24. The number of nitrogen functional groups attached to an aromatic ring is 1. The molecule has 2 aromatic rings. The molecule has 0 radical (unpaired) electrons. The molecule has 5 nitrogen and oxygen atoms in total. The highest BCUT2D eigenvalue weighted by atomic mass is 16.2. The van der Waals surface area contributed by atoms with Crippen LogP contribution >= 0.6 is 0 Å². The first-order chi connectivity index (χ1) is 8.27. The lowest BCUT2D eigenvalue weighted by atomic mass is 10.1. The van der Waals surface area contributed by atoms with E-state index in [0.29, 0.717) is 5.95 Å². The summed E-state index contributed by atoms with van der Waals surface area (Å²) in [5.74, 6) is 0.444. The number of carbonyl (C=O) groups is 1. The molecule has 1 fully saturated rings. The van der Waals surface area contributed by atoms with E-state index < -0.39 is 0 Å². The Morgan fingerprint density at radius 2 is 2.24 bits per heavy atom. The van der Waals surface area contributed by atoms with Gasteiger partial charge in [-0.05, 0) is 25.0 Å². The van der Waals surface area contributed by atoms with E-state index in [4.69, 9.17) is 5.73 Å². The average Bonchev–Trinajstić information content (AvgIpc) is 2.66. The first-order valence-corrected chi connectivity index (χ1v) is 5.77. The van der Waals surface area contributed by atoms with Crippen molar-refractivity contribution in [2.24, 2.45) is 0 Å². The number of benzene rings is 1. The van der Waals surface area contributed by atoms with Crippen molar-refractivity contribution in [1.82, 2.24) is 14.9 Å². The summed E-state index contributed by atoms with van der Waals surface area (Å²) < 4.78 is 1.84. The topological polar surface area (TPSA) is 72.9 Å². The smallest absolute Gasteiger partial charge is 0.243 e. The minimum atomic E-state index is -0.226. The molecular formula is C12H14N4O. The average molecular weight is 230 g/mol. The van der Waals surface area contributed by atoms with E-state index in [1.54, 1.807) is 0 Å². The molecule has 1 aromatic heterocycles. The number of nitrogens with zero attached hydrogens (tertiary/aromatic N) is 2. The Kier molecular flexibility index (Phi) is 2.24. The van der Waals surface area contributed by atoms with Crippen LogP contribution < -0.4 is 11.1 Å². The number of imidazole rings is 1. The van der Waals surface area contributed by atoms with Gasteiger partial charge in [0.15, 0.2) is 0 Å². The molecule has 1 aliphatic heterocycles. The molecule has 1 atom stereocenters. The summed E-state index contributed by atoms with van der Waals surface area (Å²) in [6, 6.07) is 7.47. The molecule has 1 aromatic carbocycles. The zero-order valence-corrected chi connectivity index (χ0v) is 9.39. The van der Waals surface area contributed by atoms with Crippen molar-refractivity contribution < 1.29 is 4.79 Å². The van der Waals surface area contributed by atoms with E-state index in [9.17, 15) is 4.79 Å². The van der Waals surface area contributed by atoms with Gasteiger partial charge in [0.05, 0.1) is 11.0 Å². The van der Waals surface area contributed by atoms with Crippen molar-refractivity contribution in [1.29, 1.82) is 0 Å². The number of anilines is 1. The summed E-state index contributed by atoms with van der Waals surface area (Å²) in [4.78, 5) is 16.2. The monoisotopic (exact) mass is 230 g/mol. The quantitative estimate of drug-likeness (QED) is 0.769. The number of nitrogens with one attached hydrogen (secondary N) is 1. The van der Waals surface area contributed by atoms with Crippen LogP contribution in [0.3, 0.4) is 0 Å². The SMILES string of the molecule is Nc1nc2ccccc2n1C1CCCNC1=O. The van der Waals surface area contributed by atoms with Crippen LogP contribution in [-0.2, 0) is 4.79 Å². The fourth-order valence-electron chi connectivity index (χ4n) is 2.39. The molecule has 1 saturated heterocycles. The molecule has 17 heavy (non-hydrogen) atoms. The predicted octanol–water partition coefficient (Wildman–Crippen LogP) is 1.07. The van der Waals surface area contributed by atoms with Gasteiger partial charge in [-0.15, -0.1) is 0 Å². The number of nitrogens with two attached hydrogens (primary N) is 1. The lowest BCUT2D eigenvalue weighted by Crippen LogP contribution is -2.38. The van der Waals surface area contributed by atoms with E-state index in [-0.39, 0.29) is 11.9 Å². The van der Waals surface area contributed by atoms with Crippen molar-refractivity contribution in [3.05, 3.63) is 24.3 Å². The van der Waals surface area contributed by atoms with Crippen molar-refractivity contribution in [2.75, 3.05) is 12.3 Å². The van der Waals surface area contributed by atoms with Crippen LogP contribution in [0, 0.1) is 0 Å². The third-order valence-electron chi connectivity index (χ3n) is 3.19. The van der Waals surface area contributed by atoms with Gasteiger partial charge in [-0.2, -0.15) is 0 Å². The molecule has 2 heterocycles. The third kappa shape index (κ3) is 1.54. The van der Waals surface area contributed by atoms with E-state index >= 15 is 0 Å².